The van der Waals surface area contributed by atoms with Crippen molar-refractivity contribution in [3.05, 3.63) is 100 Å². The number of hydrogen-bond acceptors (Lipinski definition) is 6. The van der Waals surface area contributed by atoms with Gasteiger partial charge in [0.15, 0.2) is 0 Å². The molecular weight excluding hydrogens is 457 g/mol. The zero-order valence-corrected chi connectivity index (χ0v) is 19.0. The summed E-state index contributed by atoms with van der Waals surface area (Å²) in [4.78, 5) is 38.6. The van der Waals surface area contributed by atoms with Crippen LogP contribution in [0.2, 0.25) is 0 Å². The van der Waals surface area contributed by atoms with Gasteiger partial charge in [0, 0.05) is 0 Å². The first-order valence-corrected chi connectivity index (χ1v) is 11.2. The molecule has 1 saturated heterocycles. The van der Waals surface area contributed by atoms with Gasteiger partial charge in [-0.1, -0.05) is 29.8 Å². The maximum atomic E-state index is 13.0. The molecule has 1 aliphatic heterocycles. The molecule has 3 aromatic rings. The van der Waals surface area contributed by atoms with Gasteiger partial charge in [0.2, 0.25) is 0 Å². The summed E-state index contributed by atoms with van der Waals surface area (Å²) in [6, 6.07) is 19.1. The molecule has 8 heteroatoms. The summed E-state index contributed by atoms with van der Waals surface area (Å²) in [7, 11) is 0. The minimum absolute atomic E-state index is 0.147. The lowest BCUT2D eigenvalue weighted by molar-refractivity contribution is -0.123. The maximum Gasteiger partial charge on any atom is 0.343 e. The first-order valence-electron chi connectivity index (χ1n) is 10.4. The van der Waals surface area contributed by atoms with Gasteiger partial charge >= 0.3 is 5.97 Å². The van der Waals surface area contributed by atoms with Gasteiger partial charge in [-0.3, -0.25) is 14.5 Å². The molecule has 172 valence electrons. The Balaban J connectivity index is 1.34. The Morgan fingerprint density at radius 2 is 1.59 bits per heavy atom. The van der Waals surface area contributed by atoms with Crippen LogP contribution in [-0.4, -0.2) is 35.2 Å². The molecule has 0 atom stereocenters. The van der Waals surface area contributed by atoms with E-state index in [0.717, 1.165) is 22.2 Å². The van der Waals surface area contributed by atoms with Crippen molar-refractivity contribution in [3.63, 3.8) is 0 Å². The minimum atomic E-state index is -0.610. The third kappa shape index (κ3) is 5.71. The predicted molar refractivity (Wildman–Crippen MR) is 127 cm³/mol. The Kier molecular flexibility index (Phi) is 7.08. The van der Waals surface area contributed by atoms with Gasteiger partial charge < -0.3 is 9.47 Å². The van der Waals surface area contributed by atoms with E-state index in [-0.39, 0.29) is 29.9 Å². The normalized spacial score (nSPS) is 14.5. The number of aryl methyl sites for hydroxylation is 1. The van der Waals surface area contributed by atoms with E-state index >= 15 is 0 Å². The Bertz CT molecular complexity index is 1240. The highest BCUT2D eigenvalue weighted by Gasteiger charge is 2.34. The van der Waals surface area contributed by atoms with Gasteiger partial charge in [-0.25, -0.2) is 9.18 Å². The first-order chi connectivity index (χ1) is 16.4. The topological polar surface area (TPSA) is 72.9 Å². The summed E-state index contributed by atoms with van der Waals surface area (Å²) in [6.07, 6.45) is 1.61. The van der Waals surface area contributed by atoms with E-state index in [1.165, 1.54) is 24.3 Å². The molecule has 0 unspecified atom stereocenters. The third-order valence-electron chi connectivity index (χ3n) is 4.95. The van der Waals surface area contributed by atoms with Crippen molar-refractivity contribution in [2.24, 2.45) is 0 Å². The SMILES string of the molecule is Cc1ccc(OCCN2C(=O)S/C(=C\c3ccc(OC(=O)c4ccc(F)cc4)cc3)C2=O)cc1. The Hall–Kier alpha value is -3.91. The smallest absolute Gasteiger partial charge is 0.343 e. The molecule has 0 aliphatic carbocycles. The summed E-state index contributed by atoms with van der Waals surface area (Å²) in [5.41, 5.74) is 2.01. The fraction of sp³-hybridized carbons (Fsp3) is 0.115. The van der Waals surface area contributed by atoms with Crippen molar-refractivity contribution in [3.8, 4) is 11.5 Å². The molecule has 0 saturated carbocycles. The number of benzene rings is 3. The van der Waals surface area contributed by atoms with Crippen LogP contribution in [0.25, 0.3) is 6.08 Å². The second-order valence-electron chi connectivity index (χ2n) is 7.46. The van der Waals surface area contributed by atoms with E-state index in [9.17, 15) is 18.8 Å². The van der Waals surface area contributed by atoms with Crippen molar-refractivity contribution < 1.29 is 28.2 Å². The summed E-state index contributed by atoms with van der Waals surface area (Å²) in [5, 5.41) is -0.353. The number of thioether (sulfide) groups is 1. The maximum absolute atomic E-state index is 13.0. The van der Waals surface area contributed by atoms with E-state index in [1.54, 1.807) is 30.3 Å². The lowest BCUT2D eigenvalue weighted by Gasteiger charge is -2.13. The number of amides is 2. The second kappa shape index (κ2) is 10.4. The van der Waals surface area contributed by atoms with Crippen LogP contribution in [0.15, 0.2) is 77.7 Å². The van der Waals surface area contributed by atoms with Crippen molar-refractivity contribution in [1.82, 2.24) is 4.90 Å². The van der Waals surface area contributed by atoms with Crippen molar-refractivity contribution >= 4 is 35.0 Å². The summed E-state index contributed by atoms with van der Waals surface area (Å²) < 4.78 is 23.9. The molecule has 0 aromatic heterocycles. The van der Waals surface area contributed by atoms with Gasteiger partial charge in [0.05, 0.1) is 17.0 Å². The lowest BCUT2D eigenvalue weighted by atomic mass is 10.2. The van der Waals surface area contributed by atoms with E-state index in [4.69, 9.17) is 9.47 Å². The lowest BCUT2D eigenvalue weighted by Crippen LogP contribution is -2.32. The van der Waals surface area contributed by atoms with E-state index in [0.29, 0.717) is 22.0 Å². The highest BCUT2D eigenvalue weighted by atomic mass is 32.2. The predicted octanol–water partition coefficient (Wildman–Crippen LogP) is 5.47. The summed E-state index contributed by atoms with van der Waals surface area (Å²) >= 11 is 0.865. The van der Waals surface area contributed by atoms with Crippen LogP contribution in [0.5, 0.6) is 11.5 Å². The molecule has 1 heterocycles. The van der Waals surface area contributed by atoms with Crippen LogP contribution in [0.3, 0.4) is 0 Å². The van der Waals surface area contributed by atoms with Crippen LogP contribution in [0.4, 0.5) is 9.18 Å². The van der Waals surface area contributed by atoms with Crippen LogP contribution in [0.1, 0.15) is 21.5 Å². The zero-order valence-electron chi connectivity index (χ0n) is 18.2. The van der Waals surface area contributed by atoms with Gasteiger partial charge in [-0.2, -0.15) is 0 Å². The number of halogens is 1. The van der Waals surface area contributed by atoms with Gasteiger partial charge in [0.25, 0.3) is 11.1 Å². The largest absolute Gasteiger partial charge is 0.492 e. The van der Waals surface area contributed by atoms with E-state index in [2.05, 4.69) is 0 Å². The molecular formula is C26H20FNO5S. The quantitative estimate of drug-likeness (QED) is 0.255. The van der Waals surface area contributed by atoms with Crippen molar-refractivity contribution in [2.75, 3.05) is 13.2 Å². The number of carbonyl (C=O) groups excluding carboxylic acids is 3. The monoisotopic (exact) mass is 477 g/mol. The molecule has 3 aromatic carbocycles. The Morgan fingerprint density at radius 1 is 0.941 bits per heavy atom. The van der Waals surface area contributed by atoms with Crippen molar-refractivity contribution in [1.29, 1.82) is 0 Å². The zero-order chi connectivity index (χ0) is 24.1. The van der Waals surface area contributed by atoms with E-state index < -0.39 is 11.8 Å². The fourth-order valence-electron chi connectivity index (χ4n) is 3.12. The number of esters is 1. The van der Waals surface area contributed by atoms with Crippen molar-refractivity contribution in [2.45, 2.75) is 6.92 Å². The average Bonchev–Trinajstić information content (AvgIpc) is 3.09. The molecule has 0 N–H and O–H groups in total. The number of rotatable bonds is 7. The Labute approximate surface area is 200 Å². The molecule has 4 rings (SSSR count). The molecule has 0 radical (unpaired) electrons. The van der Waals surface area contributed by atoms with Gasteiger partial charge in [-0.05, 0) is 78.9 Å². The van der Waals surface area contributed by atoms with Crippen LogP contribution in [0, 0.1) is 12.7 Å². The summed E-state index contributed by atoms with van der Waals surface area (Å²) in [6.45, 7) is 2.32. The molecule has 6 nitrogen and oxygen atoms in total. The number of nitrogens with zero attached hydrogens (tertiary/aromatic N) is 1. The number of ether oxygens (including phenoxy) is 2. The van der Waals surface area contributed by atoms with E-state index in [1.807, 2.05) is 31.2 Å². The van der Waals surface area contributed by atoms with Gasteiger partial charge in [-0.15, -0.1) is 0 Å². The molecule has 0 spiro atoms. The molecule has 0 bridgehead atoms. The highest BCUT2D eigenvalue weighted by molar-refractivity contribution is 8.18. The second-order valence-corrected chi connectivity index (χ2v) is 8.45. The standard InChI is InChI=1S/C26H20FNO5S/c1-17-2-10-21(11-3-17)32-15-14-28-24(29)23(34-26(28)31)16-18-4-12-22(13-5-18)33-25(30)19-6-8-20(27)9-7-19/h2-13,16H,14-15H2,1H3/b23-16-. The Morgan fingerprint density at radius 3 is 2.26 bits per heavy atom. The minimum Gasteiger partial charge on any atom is -0.492 e. The summed E-state index contributed by atoms with van der Waals surface area (Å²) in [5.74, 6) is -0.457. The molecule has 2 amide bonds. The number of imide groups is 1. The van der Waals surface area contributed by atoms with Crippen LogP contribution >= 0.6 is 11.8 Å². The molecule has 34 heavy (non-hydrogen) atoms. The first kappa shape index (κ1) is 23.3. The molecule has 1 fully saturated rings. The van der Waals surface area contributed by atoms with Crippen LogP contribution < -0.4 is 9.47 Å². The number of carbonyl (C=O) groups is 3. The average molecular weight is 478 g/mol. The molecule has 1 aliphatic rings. The fourth-order valence-corrected chi connectivity index (χ4v) is 3.98. The number of hydrogen-bond donors (Lipinski definition) is 0. The highest BCUT2D eigenvalue weighted by Crippen LogP contribution is 2.32. The van der Waals surface area contributed by atoms with Gasteiger partial charge in [0.1, 0.15) is 23.9 Å². The third-order valence-corrected chi connectivity index (χ3v) is 5.85. The van der Waals surface area contributed by atoms with Crippen LogP contribution in [-0.2, 0) is 4.79 Å².